The van der Waals surface area contributed by atoms with Crippen molar-refractivity contribution in [1.82, 2.24) is 10.3 Å². The van der Waals surface area contributed by atoms with Crippen LogP contribution in [0.4, 0.5) is 5.13 Å². The van der Waals surface area contributed by atoms with E-state index in [1.54, 1.807) is 6.20 Å². The second-order valence-electron chi connectivity index (χ2n) is 5.04. The second kappa shape index (κ2) is 7.81. The summed E-state index contributed by atoms with van der Waals surface area (Å²) in [7, 11) is 0. The number of carbonyl (C=O) groups is 1. The van der Waals surface area contributed by atoms with Gasteiger partial charge in [0.15, 0.2) is 10.2 Å². The van der Waals surface area contributed by atoms with Crippen molar-refractivity contribution in [3.05, 3.63) is 83.4 Å². The summed E-state index contributed by atoms with van der Waals surface area (Å²) in [5.41, 5.74) is 1.83. The van der Waals surface area contributed by atoms with Crippen molar-refractivity contribution in [2.24, 2.45) is 0 Å². The van der Waals surface area contributed by atoms with Crippen LogP contribution in [0.1, 0.15) is 17.0 Å². The van der Waals surface area contributed by atoms with Gasteiger partial charge in [-0.15, -0.1) is 11.3 Å². The zero-order valence-electron chi connectivity index (χ0n) is 12.7. The summed E-state index contributed by atoms with van der Waals surface area (Å²) in [4.78, 5) is 16.9. The maximum Gasteiger partial charge on any atom is 0.238 e. The highest BCUT2D eigenvalue weighted by atomic mass is 32.1. The van der Waals surface area contributed by atoms with Gasteiger partial charge in [-0.2, -0.15) is 0 Å². The first-order valence-corrected chi connectivity index (χ1v) is 8.64. The third-order valence-corrected chi connectivity index (χ3v) is 4.31. The van der Waals surface area contributed by atoms with Crippen LogP contribution in [0.5, 0.6) is 0 Å². The first-order chi connectivity index (χ1) is 11.7. The van der Waals surface area contributed by atoms with Crippen LogP contribution in [-0.2, 0) is 4.79 Å². The van der Waals surface area contributed by atoms with Crippen molar-refractivity contribution in [3.8, 4) is 0 Å². The SMILES string of the molecule is O=C(NC(=S)Nc1nccs1)C(c1ccccc1)c1ccccc1. The fourth-order valence-corrected chi connectivity index (χ4v) is 3.18. The number of thiazole rings is 1. The maximum atomic E-state index is 12.8. The van der Waals surface area contributed by atoms with E-state index in [2.05, 4.69) is 15.6 Å². The van der Waals surface area contributed by atoms with E-state index in [0.717, 1.165) is 11.1 Å². The summed E-state index contributed by atoms with van der Waals surface area (Å²) in [6.45, 7) is 0. The Morgan fingerprint density at radius 1 is 1.00 bits per heavy atom. The lowest BCUT2D eigenvalue weighted by atomic mass is 9.90. The molecule has 3 aromatic rings. The minimum absolute atomic E-state index is 0.179. The van der Waals surface area contributed by atoms with Crippen molar-refractivity contribution in [1.29, 1.82) is 0 Å². The quantitative estimate of drug-likeness (QED) is 0.701. The van der Waals surface area contributed by atoms with Crippen molar-refractivity contribution in [3.63, 3.8) is 0 Å². The lowest BCUT2D eigenvalue weighted by molar-refractivity contribution is -0.120. The maximum absolute atomic E-state index is 12.8. The summed E-state index contributed by atoms with van der Waals surface area (Å²) in [5.74, 6) is -0.607. The molecular weight excluding hydrogens is 338 g/mol. The minimum atomic E-state index is -0.427. The van der Waals surface area contributed by atoms with E-state index in [4.69, 9.17) is 12.2 Å². The lowest BCUT2D eigenvalue weighted by Gasteiger charge is -2.18. The van der Waals surface area contributed by atoms with Gasteiger partial charge in [0.2, 0.25) is 5.91 Å². The van der Waals surface area contributed by atoms with E-state index < -0.39 is 5.92 Å². The number of nitrogens with one attached hydrogen (secondary N) is 2. The predicted octanol–water partition coefficient (Wildman–Crippen LogP) is 3.79. The van der Waals surface area contributed by atoms with Crippen LogP contribution in [0.25, 0.3) is 0 Å². The van der Waals surface area contributed by atoms with Crippen LogP contribution in [0.2, 0.25) is 0 Å². The molecular formula is C18H15N3OS2. The van der Waals surface area contributed by atoms with E-state index in [1.807, 2.05) is 66.0 Å². The molecule has 0 radical (unpaired) electrons. The Hall–Kier alpha value is -2.57. The smallest absolute Gasteiger partial charge is 0.238 e. The zero-order chi connectivity index (χ0) is 16.8. The van der Waals surface area contributed by atoms with Gasteiger partial charge in [-0.1, -0.05) is 60.7 Å². The van der Waals surface area contributed by atoms with Gasteiger partial charge in [0.25, 0.3) is 0 Å². The van der Waals surface area contributed by atoms with Crippen LogP contribution >= 0.6 is 23.6 Å². The molecule has 0 unspecified atom stereocenters. The number of hydrogen-bond acceptors (Lipinski definition) is 4. The first-order valence-electron chi connectivity index (χ1n) is 7.35. The van der Waals surface area contributed by atoms with E-state index in [1.165, 1.54) is 11.3 Å². The molecule has 1 aromatic heterocycles. The number of thiocarbonyl (C=S) groups is 1. The molecule has 0 aliphatic heterocycles. The summed E-state index contributed by atoms with van der Waals surface area (Å²) < 4.78 is 0. The van der Waals surface area contributed by atoms with Gasteiger partial charge < -0.3 is 10.6 Å². The van der Waals surface area contributed by atoms with Gasteiger partial charge >= 0.3 is 0 Å². The Kier molecular flexibility index (Phi) is 5.30. The Morgan fingerprint density at radius 2 is 1.58 bits per heavy atom. The third-order valence-electron chi connectivity index (χ3n) is 3.42. The van der Waals surface area contributed by atoms with E-state index in [0.29, 0.717) is 5.13 Å². The molecule has 0 fully saturated rings. The number of rotatable bonds is 4. The molecule has 0 atom stereocenters. The van der Waals surface area contributed by atoms with Gasteiger partial charge in [-0.3, -0.25) is 4.79 Å². The van der Waals surface area contributed by atoms with E-state index in [-0.39, 0.29) is 11.0 Å². The molecule has 1 heterocycles. The zero-order valence-corrected chi connectivity index (χ0v) is 14.3. The molecule has 2 aromatic carbocycles. The average Bonchev–Trinajstić information content (AvgIpc) is 3.10. The third kappa shape index (κ3) is 4.04. The molecule has 1 amide bonds. The number of aromatic nitrogens is 1. The van der Waals surface area contributed by atoms with Gasteiger partial charge in [0.1, 0.15) is 0 Å². The molecule has 0 bridgehead atoms. The average molecular weight is 353 g/mol. The first kappa shape index (κ1) is 16.3. The summed E-state index contributed by atoms with van der Waals surface area (Å²) >= 11 is 6.64. The van der Waals surface area contributed by atoms with Crippen molar-refractivity contribution in [2.75, 3.05) is 5.32 Å². The molecule has 0 aliphatic carbocycles. The Morgan fingerprint density at radius 3 is 2.08 bits per heavy atom. The van der Waals surface area contributed by atoms with Gasteiger partial charge in [0, 0.05) is 11.6 Å². The molecule has 3 rings (SSSR count). The fourth-order valence-electron chi connectivity index (χ4n) is 2.38. The number of anilines is 1. The van der Waals surface area contributed by atoms with Crippen LogP contribution in [0, 0.1) is 0 Å². The Labute approximate surface area is 149 Å². The minimum Gasteiger partial charge on any atom is -0.308 e. The monoisotopic (exact) mass is 353 g/mol. The highest BCUT2D eigenvalue weighted by Gasteiger charge is 2.23. The normalized spacial score (nSPS) is 10.4. The van der Waals surface area contributed by atoms with Gasteiger partial charge in [-0.25, -0.2) is 4.98 Å². The summed E-state index contributed by atoms with van der Waals surface area (Å²) in [6, 6.07) is 19.3. The Bertz CT molecular complexity index is 765. The van der Waals surface area contributed by atoms with Crippen molar-refractivity contribution in [2.45, 2.75) is 5.92 Å². The van der Waals surface area contributed by atoms with Crippen LogP contribution < -0.4 is 10.6 Å². The largest absolute Gasteiger partial charge is 0.308 e. The molecule has 4 nitrogen and oxygen atoms in total. The highest BCUT2D eigenvalue weighted by Crippen LogP contribution is 2.24. The molecule has 0 saturated heterocycles. The summed E-state index contributed by atoms with van der Waals surface area (Å²) in [5, 5.41) is 8.41. The van der Waals surface area contributed by atoms with E-state index in [9.17, 15) is 4.79 Å². The van der Waals surface area contributed by atoms with Crippen LogP contribution in [0.15, 0.2) is 72.2 Å². The van der Waals surface area contributed by atoms with Gasteiger partial charge in [0.05, 0.1) is 5.92 Å². The number of benzene rings is 2. The molecule has 6 heteroatoms. The van der Waals surface area contributed by atoms with E-state index >= 15 is 0 Å². The van der Waals surface area contributed by atoms with Crippen molar-refractivity contribution >= 4 is 39.7 Å². The fraction of sp³-hybridized carbons (Fsp3) is 0.0556. The van der Waals surface area contributed by atoms with Gasteiger partial charge in [-0.05, 0) is 23.3 Å². The lowest BCUT2D eigenvalue weighted by Crippen LogP contribution is -2.37. The predicted molar refractivity (Wildman–Crippen MR) is 101 cm³/mol. The number of nitrogens with zero attached hydrogens (tertiary/aromatic N) is 1. The standard InChI is InChI=1S/C18H15N3OS2/c22-16(20-17(23)21-18-19-11-12-24-18)15(13-7-3-1-4-8-13)14-9-5-2-6-10-14/h1-12,15H,(H2,19,20,21,22,23). The topological polar surface area (TPSA) is 54.0 Å². The van der Waals surface area contributed by atoms with Crippen LogP contribution in [0.3, 0.4) is 0 Å². The Balaban J connectivity index is 1.80. The highest BCUT2D eigenvalue weighted by molar-refractivity contribution is 7.80. The number of amides is 1. The molecule has 2 N–H and O–H groups in total. The second-order valence-corrected chi connectivity index (χ2v) is 6.34. The number of carbonyl (C=O) groups excluding carboxylic acids is 1. The summed E-state index contributed by atoms with van der Waals surface area (Å²) in [6.07, 6.45) is 1.67. The van der Waals surface area contributed by atoms with Crippen molar-refractivity contribution < 1.29 is 4.79 Å². The molecule has 0 spiro atoms. The molecule has 120 valence electrons. The molecule has 0 aliphatic rings. The number of hydrogen-bond donors (Lipinski definition) is 2. The van der Waals surface area contributed by atoms with Crippen LogP contribution in [-0.4, -0.2) is 16.0 Å². The molecule has 24 heavy (non-hydrogen) atoms. The molecule has 0 saturated carbocycles.